The summed E-state index contributed by atoms with van der Waals surface area (Å²) in [6.45, 7) is 9.32. The van der Waals surface area contributed by atoms with E-state index in [4.69, 9.17) is 19.0 Å². The summed E-state index contributed by atoms with van der Waals surface area (Å²) in [6.07, 6.45) is 0. The molecule has 0 rings (SSSR count). The Bertz CT molecular complexity index is 184. The van der Waals surface area contributed by atoms with Crippen molar-refractivity contribution in [2.75, 3.05) is 12.4 Å². The van der Waals surface area contributed by atoms with Crippen molar-refractivity contribution in [3.63, 3.8) is 0 Å². The maximum atomic E-state index is 5.69. The molecule has 82 valence electrons. The van der Waals surface area contributed by atoms with Gasteiger partial charge in [0.2, 0.25) is 0 Å². The summed E-state index contributed by atoms with van der Waals surface area (Å²) in [5.41, 5.74) is -2.00. The molecule has 0 amide bonds. The van der Waals surface area contributed by atoms with Crippen LogP contribution in [0.1, 0.15) is 27.7 Å². The molecule has 6 heteroatoms. The van der Waals surface area contributed by atoms with E-state index in [1.165, 1.54) is 0 Å². The van der Waals surface area contributed by atoms with Crippen LogP contribution < -0.4 is 0 Å². The van der Waals surface area contributed by atoms with Crippen molar-refractivity contribution in [3.8, 4) is 0 Å². The zero-order chi connectivity index (χ0) is 11.2. The summed E-state index contributed by atoms with van der Waals surface area (Å²) in [6, 6.07) is 0. The summed E-state index contributed by atoms with van der Waals surface area (Å²) in [4.78, 5) is 0. The van der Waals surface area contributed by atoms with Gasteiger partial charge in [-0.1, -0.05) is 0 Å². The average molecular weight is 356 g/mol. The molecular weight excluding hydrogens is 338 g/mol. The predicted octanol–water partition coefficient (Wildman–Crippen LogP) is 3.37. The Morgan fingerprint density at radius 1 is 1.29 bits per heavy atom. The van der Waals surface area contributed by atoms with Gasteiger partial charge in [0.1, 0.15) is 0 Å². The molecule has 1 unspecified atom stereocenters. The first kappa shape index (κ1) is 15.8. The van der Waals surface area contributed by atoms with Gasteiger partial charge in [-0.15, -0.1) is 0 Å². The van der Waals surface area contributed by atoms with Crippen LogP contribution >= 0.6 is 17.1 Å². The van der Waals surface area contributed by atoms with Crippen molar-refractivity contribution in [2.24, 2.45) is 11.8 Å². The van der Waals surface area contributed by atoms with E-state index in [1.54, 1.807) is 11.4 Å². The third kappa shape index (κ3) is 8.00. The molecule has 0 aliphatic carbocycles. The SMILES string of the molecule is CC(C)COP(=S)([O][In])SCC(C)C. The normalized spacial score (nSPS) is 16.1. The number of rotatable bonds is 7. The molecule has 0 N–H and O–H groups in total. The van der Waals surface area contributed by atoms with E-state index in [1.807, 2.05) is 0 Å². The van der Waals surface area contributed by atoms with Crippen LogP contribution in [0.4, 0.5) is 0 Å². The third-order valence-electron chi connectivity index (χ3n) is 1.26. The maximum absolute atomic E-state index is 5.69. The Balaban J connectivity index is 3.98. The molecule has 0 spiro atoms. The van der Waals surface area contributed by atoms with Crippen molar-refractivity contribution in [2.45, 2.75) is 27.7 Å². The van der Waals surface area contributed by atoms with E-state index < -0.39 is 5.69 Å². The number of hydrogen-bond donors (Lipinski definition) is 0. The molecule has 2 nitrogen and oxygen atoms in total. The van der Waals surface area contributed by atoms with E-state index in [0.29, 0.717) is 18.4 Å². The Kier molecular flexibility index (Phi) is 8.98. The molecule has 0 aromatic carbocycles. The minimum atomic E-state index is -2.00. The van der Waals surface area contributed by atoms with Crippen LogP contribution in [0.5, 0.6) is 0 Å². The fraction of sp³-hybridized carbons (Fsp3) is 1.00. The van der Waals surface area contributed by atoms with E-state index >= 15 is 0 Å². The zero-order valence-electron chi connectivity index (χ0n) is 9.23. The molecule has 14 heavy (non-hydrogen) atoms. The van der Waals surface area contributed by atoms with Gasteiger partial charge in [-0.25, -0.2) is 0 Å². The summed E-state index contributed by atoms with van der Waals surface area (Å²) in [7, 11) is 0. The monoisotopic (exact) mass is 356 g/mol. The van der Waals surface area contributed by atoms with Crippen molar-refractivity contribution in [1.29, 1.82) is 0 Å². The molecule has 0 aliphatic heterocycles. The first-order chi connectivity index (χ1) is 6.39. The Labute approximate surface area is 112 Å². The van der Waals surface area contributed by atoms with Gasteiger partial charge in [0.25, 0.3) is 0 Å². The van der Waals surface area contributed by atoms with Gasteiger partial charge in [-0.2, -0.15) is 0 Å². The topological polar surface area (TPSA) is 18.5 Å². The van der Waals surface area contributed by atoms with Crippen molar-refractivity contribution >= 4 is 53.7 Å². The first-order valence-corrected chi connectivity index (χ1v) is 10.2. The fourth-order valence-corrected chi connectivity index (χ4v) is 6.58. The van der Waals surface area contributed by atoms with Crippen LogP contribution in [0.2, 0.25) is 0 Å². The predicted molar refractivity (Wildman–Crippen MR) is 69.2 cm³/mol. The van der Waals surface area contributed by atoms with E-state index in [-0.39, 0.29) is 0 Å². The zero-order valence-corrected chi connectivity index (χ0v) is 15.0. The Hall–Kier alpha value is 1.79. The molecule has 0 aliphatic rings. The van der Waals surface area contributed by atoms with Crippen LogP contribution in [0.15, 0.2) is 0 Å². The minimum absolute atomic E-state index is 0.521. The van der Waals surface area contributed by atoms with Crippen molar-refractivity contribution < 1.29 is 7.17 Å². The summed E-state index contributed by atoms with van der Waals surface area (Å²) in [5, 5.41) is 0. The molecule has 0 fully saturated rings. The Morgan fingerprint density at radius 3 is 2.21 bits per heavy atom. The standard InChI is InChI=1S/C8H19O2PS2.In/c1-7(2)5-10-11(9,12)13-6-8(3)4;/h7-8H,5-6H2,1-4H3,(H,9,12);/q;+1/p-1. The van der Waals surface area contributed by atoms with Crippen LogP contribution in [0, 0.1) is 11.8 Å². The second kappa shape index (κ2) is 7.97. The number of hydrogen-bond acceptors (Lipinski definition) is 4. The summed E-state index contributed by atoms with van der Waals surface area (Å²) >= 11 is 7.82. The van der Waals surface area contributed by atoms with Gasteiger partial charge >= 0.3 is 113 Å². The van der Waals surface area contributed by atoms with E-state index in [0.717, 1.165) is 30.6 Å². The third-order valence-corrected chi connectivity index (χ3v) is 11.8. The van der Waals surface area contributed by atoms with Gasteiger partial charge < -0.3 is 0 Å². The van der Waals surface area contributed by atoms with Crippen LogP contribution in [0.25, 0.3) is 0 Å². The second-order valence-electron chi connectivity index (χ2n) is 3.93. The van der Waals surface area contributed by atoms with Gasteiger partial charge in [-0.05, 0) is 0 Å². The Morgan fingerprint density at radius 2 is 1.86 bits per heavy atom. The molecular formula is C8H18InO2PS2. The van der Waals surface area contributed by atoms with Crippen molar-refractivity contribution in [3.05, 3.63) is 0 Å². The molecule has 1 atom stereocenters. The molecule has 0 saturated carbocycles. The van der Waals surface area contributed by atoms with Gasteiger partial charge in [0, 0.05) is 0 Å². The average Bonchev–Trinajstić information content (AvgIpc) is 2.11. The molecule has 0 aromatic heterocycles. The van der Waals surface area contributed by atoms with Gasteiger partial charge in [-0.3, -0.25) is 0 Å². The second-order valence-corrected chi connectivity index (χ2v) is 12.0. The summed E-state index contributed by atoms with van der Waals surface area (Å²) in [5.74, 6) is 2.18. The van der Waals surface area contributed by atoms with Crippen LogP contribution in [0.3, 0.4) is 0 Å². The van der Waals surface area contributed by atoms with E-state index in [9.17, 15) is 0 Å². The van der Waals surface area contributed by atoms with Crippen LogP contribution in [-0.4, -0.2) is 37.2 Å². The van der Waals surface area contributed by atoms with Gasteiger partial charge in [0.15, 0.2) is 0 Å². The quantitative estimate of drug-likeness (QED) is 0.651. The van der Waals surface area contributed by atoms with E-state index in [2.05, 4.69) is 27.7 Å². The van der Waals surface area contributed by atoms with Crippen LogP contribution in [-0.2, 0) is 19.0 Å². The molecule has 0 heterocycles. The molecule has 0 saturated heterocycles. The molecule has 2 radical (unpaired) electrons. The molecule has 0 bridgehead atoms. The fourth-order valence-electron chi connectivity index (χ4n) is 0.579. The van der Waals surface area contributed by atoms with Gasteiger partial charge in [0.05, 0.1) is 0 Å². The first-order valence-electron chi connectivity index (χ1n) is 4.67. The summed E-state index contributed by atoms with van der Waals surface area (Å²) < 4.78 is 11.1. The molecule has 0 aromatic rings. The van der Waals surface area contributed by atoms with Crippen molar-refractivity contribution in [1.82, 2.24) is 0 Å².